The van der Waals surface area contributed by atoms with Crippen LogP contribution in [0, 0.1) is 13.8 Å². The van der Waals surface area contributed by atoms with Crippen LogP contribution < -0.4 is 0 Å². The van der Waals surface area contributed by atoms with Gasteiger partial charge < -0.3 is 4.90 Å². The molecule has 0 aliphatic carbocycles. The van der Waals surface area contributed by atoms with Crippen molar-refractivity contribution < 1.29 is 9.59 Å². The number of nitrogens with zero attached hydrogens (tertiary/aromatic N) is 2. The van der Waals surface area contributed by atoms with E-state index in [0.29, 0.717) is 26.1 Å². The number of Topliss-reactive ketones (excluding diaryl/α,β-unsaturated/α-hetero) is 1. The summed E-state index contributed by atoms with van der Waals surface area (Å²) < 4.78 is 0. The lowest BCUT2D eigenvalue weighted by Gasteiger charge is -2.34. The third-order valence-corrected chi connectivity index (χ3v) is 6.02. The predicted octanol–water partition coefficient (Wildman–Crippen LogP) is 3.32. The third kappa shape index (κ3) is 4.80. The zero-order valence-electron chi connectivity index (χ0n) is 15.5. The van der Waals surface area contributed by atoms with Gasteiger partial charge in [0.2, 0.25) is 5.91 Å². The first-order chi connectivity index (χ1) is 12.5. The first-order valence-electron chi connectivity index (χ1n) is 9.16. The van der Waals surface area contributed by atoms with Crippen LogP contribution in [-0.4, -0.2) is 54.2 Å². The molecule has 0 bridgehead atoms. The van der Waals surface area contributed by atoms with E-state index in [-0.39, 0.29) is 11.7 Å². The Kier molecular flexibility index (Phi) is 6.22. The molecule has 138 valence electrons. The van der Waals surface area contributed by atoms with Gasteiger partial charge in [-0.1, -0.05) is 18.2 Å². The van der Waals surface area contributed by atoms with Crippen LogP contribution in [0.4, 0.5) is 0 Å². The summed E-state index contributed by atoms with van der Waals surface area (Å²) in [6, 6.07) is 9.99. The predicted molar refractivity (Wildman–Crippen MR) is 106 cm³/mol. The minimum Gasteiger partial charge on any atom is -0.340 e. The number of aryl methyl sites for hydroxylation is 3. The number of hydrogen-bond acceptors (Lipinski definition) is 4. The van der Waals surface area contributed by atoms with Crippen molar-refractivity contribution >= 4 is 23.0 Å². The number of amides is 1. The molecule has 1 aliphatic heterocycles. The highest BCUT2D eigenvalue weighted by Crippen LogP contribution is 2.14. The fourth-order valence-corrected chi connectivity index (χ4v) is 3.92. The summed E-state index contributed by atoms with van der Waals surface area (Å²) in [7, 11) is 0. The Hall–Kier alpha value is -1.98. The maximum Gasteiger partial charge on any atom is 0.223 e. The summed E-state index contributed by atoms with van der Waals surface area (Å²) in [5.74, 6) is 0.379. The average molecular weight is 371 g/mol. The van der Waals surface area contributed by atoms with E-state index < -0.39 is 0 Å². The van der Waals surface area contributed by atoms with E-state index in [4.69, 9.17) is 0 Å². The Labute approximate surface area is 159 Å². The third-order valence-electron chi connectivity index (χ3n) is 5.09. The molecular formula is C21H26N2O2S. The van der Waals surface area contributed by atoms with Crippen molar-refractivity contribution in [1.29, 1.82) is 0 Å². The Morgan fingerprint density at radius 1 is 1.04 bits per heavy atom. The minimum atomic E-state index is 0.158. The van der Waals surface area contributed by atoms with Crippen molar-refractivity contribution in [2.75, 3.05) is 32.7 Å². The monoisotopic (exact) mass is 370 g/mol. The van der Waals surface area contributed by atoms with Crippen molar-refractivity contribution in [3.05, 3.63) is 57.3 Å². The topological polar surface area (TPSA) is 40.6 Å². The van der Waals surface area contributed by atoms with Gasteiger partial charge >= 0.3 is 0 Å². The lowest BCUT2D eigenvalue weighted by molar-refractivity contribution is -0.132. The van der Waals surface area contributed by atoms with Gasteiger partial charge in [0.25, 0.3) is 0 Å². The zero-order chi connectivity index (χ0) is 18.5. The molecule has 4 nitrogen and oxygen atoms in total. The number of benzene rings is 1. The standard InChI is InChI=1S/C21H26N2O2S/c1-16-5-6-18(14-17(16)2)20(24)15-22-9-11-23(12-10-22)21(25)8-7-19-4-3-13-26-19/h3-6,13-14H,7-12,15H2,1-2H3. The molecule has 1 saturated heterocycles. The Bertz CT molecular complexity index is 762. The molecule has 1 amide bonds. The molecule has 1 aliphatic rings. The highest BCUT2D eigenvalue weighted by molar-refractivity contribution is 7.09. The van der Waals surface area contributed by atoms with Gasteiger partial charge in [-0.2, -0.15) is 0 Å². The molecule has 0 atom stereocenters. The van der Waals surface area contributed by atoms with Crippen LogP contribution in [-0.2, 0) is 11.2 Å². The summed E-state index contributed by atoms with van der Waals surface area (Å²) in [5.41, 5.74) is 3.13. The maximum absolute atomic E-state index is 12.5. The summed E-state index contributed by atoms with van der Waals surface area (Å²) in [5, 5.41) is 2.05. The van der Waals surface area contributed by atoms with E-state index in [9.17, 15) is 9.59 Å². The van der Waals surface area contributed by atoms with Crippen molar-refractivity contribution in [2.45, 2.75) is 26.7 Å². The molecule has 0 unspecified atom stereocenters. The molecule has 2 aromatic rings. The second-order valence-electron chi connectivity index (χ2n) is 6.96. The van der Waals surface area contributed by atoms with Crippen LogP contribution >= 0.6 is 11.3 Å². The molecule has 2 heterocycles. The van der Waals surface area contributed by atoms with Gasteiger partial charge in [0, 0.05) is 43.0 Å². The van der Waals surface area contributed by atoms with Crippen LogP contribution in [0.3, 0.4) is 0 Å². The van der Waals surface area contributed by atoms with Crippen LogP contribution in [0.2, 0.25) is 0 Å². The lowest BCUT2D eigenvalue weighted by atomic mass is 10.0. The Morgan fingerprint density at radius 2 is 1.81 bits per heavy atom. The number of rotatable bonds is 6. The molecular weight excluding hydrogens is 344 g/mol. The molecule has 3 rings (SSSR count). The Balaban J connectivity index is 1.45. The molecule has 1 aromatic heterocycles. The van der Waals surface area contributed by atoms with E-state index in [1.807, 2.05) is 41.5 Å². The highest BCUT2D eigenvalue weighted by atomic mass is 32.1. The molecule has 0 spiro atoms. The fourth-order valence-electron chi connectivity index (χ4n) is 3.21. The summed E-state index contributed by atoms with van der Waals surface area (Å²) in [4.78, 5) is 30.2. The summed E-state index contributed by atoms with van der Waals surface area (Å²) in [6.45, 7) is 7.47. The molecule has 0 N–H and O–H groups in total. The van der Waals surface area contributed by atoms with Crippen LogP contribution in [0.25, 0.3) is 0 Å². The van der Waals surface area contributed by atoms with Crippen molar-refractivity contribution in [1.82, 2.24) is 9.80 Å². The van der Waals surface area contributed by atoms with Gasteiger partial charge in [0.05, 0.1) is 6.54 Å². The van der Waals surface area contributed by atoms with Crippen LogP contribution in [0.15, 0.2) is 35.7 Å². The second-order valence-corrected chi connectivity index (χ2v) is 7.99. The summed E-state index contributed by atoms with van der Waals surface area (Å²) >= 11 is 1.70. The number of piperazine rings is 1. The first-order valence-corrected chi connectivity index (χ1v) is 10.0. The van der Waals surface area contributed by atoms with Crippen molar-refractivity contribution in [2.24, 2.45) is 0 Å². The molecule has 5 heteroatoms. The first kappa shape index (κ1) is 18.8. The van der Waals surface area contributed by atoms with Gasteiger partial charge in [0.15, 0.2) is 5.78 Å². The van der Waals surface area contributed by atoms with E-state index >= 15 is 0 Å². The van der Waals surface area contributed by atoms with Gasteiger partial charge in [-0.25, -0.2) is 0 Å². The molecule has 0 saturated carbocycles. The van der Waals surface area contributed by atoms with E-state index in [1.165, 1.54) is 10.4 Å². The Morgan fingerprint density at radius 3 is 2.46 bits per heavy atom. The van der Waals surface area contributed by atoms with E-state index in [0.717, 1.165) is 30.6 Å². The number of carbonyl (C=O) groups is 2. The van der Waals surface area contributed by atoms with Gasteiger partial charge in [0.1, 0.15) is 0 Å². The van der Waals surface area contributed by atoms with E-state index in [1.54, 1.807) is 11.3 Å². The normalized spacial score (nSPS) is 15.2. The lowest BCUT2D eigenvalue weighted by Crippen LogP contribution is -2.49. The van der Waals surface area contributed by atoms with Gasteiger partial charge in [-0.3, -0.25) is 14.5 Å². The number of carbonyl (C=O) groups excluding carboxylic acids is 2. The maximum atomic E-state index is 12.5. The van der Waals surface area contributed by atoms with Gasteiger partial charge in [-0.05, 0) is 48.9 Å². The van der Waals surface area contributed by atoms with Crippen molar-refractivity contribution in [3.8, 4) is 0 Å². The molecule has 1 aromatic carbocycles. The largest absolute Gasteiger partial charge is 0.340 e. The number of thiophene rings is 1. The smallest absolute Gasteiger partial charge is 0.223 e. The second kappa shape index (κ2) is 8.60. The van der Waals surface area contributed by atoms with Crippen LogP contribution in [0.1, 0.15) is 32.8 Å². The SMILES string of the molecule is Cc1ccc(C(=O)CN2CCN(C(=O)CCc3cccs3)CC2)cc1C. The molecule has 0 radical (unpaired) electrons. The van der Waals surface area contributed by atoms with Crippen LogP contribution in [0.5, 0.6) is 0 Å². The minimum absolute atomic E-state index is 0.158. The molecule has 1 fully saturated rings. The van der Waals surface area contributed by atoms with E-state index in [2.05, 4.69) is 17.9 Å². The molecule has 26 heavy (non-hydrogen) atoms. The average Bonchev–Trinajstić information content (AvgIpc) is 3.16. The highest BCUT2D eigenvalue weighted by Gasteiger charge is 2.22. The zero-order valence-corrected chi connectivity index (χ0v) is 16.3. The quantitative estimate of drug-likeness (QED) is 0.733. The summed E-state index contributed by atoms with van der Waals surface area (Å²) in [6.07, 6.45) is 1.39. The number of ketones is 1. The van der Waals surface area contributed by atoms with Gasteiger partial charge in [-0.15, -0.1) is 11.3 Å². The fraction of sp³-hybridized carbons (Fsp3) is 0.429. The van der Waals surface area contributed by atoms with Crippen molar-refractivity contribution in [3.63, 3.8) is 0 Å². The number of hydrogen-bond donors (Lipinski definition) is 0.